The molecule has 0 bridgehead atoms. The van der Waals surface area contributed by atoms with Gasteiger partial charge in [0.05, 0.1) is 6.10 Å². The lowest BCUT2D eigenvalue weighted by atomic mass is 10.0. The summed E-state index contributed by atoms with van der Waals surface area (Å²) >= 11 is 0. The molecule has 5 nitrogen and oxygen atoms in total. The number of piperidine rings is 1. The maximum absolute atomic E-state index is 10.0. The van der Waals surface area contributed by atoms with E-state index in [0.717, 1.165) is 44.6 Å². The van der Waals surface area contributed by atoms with Crippen molar-refractivity contribution in [2.45, 2.75) is 50.3 Å². The van der Waals surface area contributed by atoms with Crippen molar-refractivity contribution >= 4 is 5.82 Å². The summed E-state index contributed by atoms with van der Waals surface area (Å²) in [5.74, 6) is 0.999. The highest BCUT2D eigenvalue weighted by Crippen LogP contribution is 2.28. The van der Waals surface area contributed by atoms with Gasteiger partial charge in [0.15, 0.2) is 0 Å². The lowest BCUT2D eigenvalue weighted by Gasteiger charge is -2.40. The van der Waals surface area contributed by atoms with Gasteiger partial charge in [-0.25, -0.2) is 9.97 Å². The van der Waals surface area contributed by atoms with Crippen molar-refractivity contribution < 1.29 is 5.11 Å². The SMILES string of the molecule is CN(c1ccncn1)C1CCN(C2CCCC2O)CC1. The highest BCUT2D eigenvalue weighted by molar-refractivity contribution is 5.36. The molecule has 2 aliphatic rings. The standard InChI is InChI=1S/C15H24N4O/c1-18(15-5-8-16-11-17-15)12-6-9-19(10-7-12)13-3-2-4-14(13)20/h5,8,11-14,20H,2-4,6-7,9-10H2,1H3. The zero-order chi connectivity index (χ0) is 13.9. The van der Waals surface area contributed by atoms with Gasteiger partial charge in [-0.15, -0.1) is 0 Å². The van der Waals surface area contributed by atoms with Crippen molar-refractivity contribution in [2.75, 3.05) is 25.0 Å². The molecule has 5 heteroatoms. The van der Waals surface area contributed by atoms with E-state index >= 15 is 0 Å². The van der Waals surface area contributed by atoms with Crippen LogP contribution in [0, 0.1) is 0 Å². The van der Waals surface area contributed by atoms with Gasteiger partial charge in [-0.2, -0.15) is 0 Å². The van der Waals surface area contributed by atoms with Crippen LogP contribution in [0.4, 0.5) is 5.82 Å². The first-order valence-corrected chi connectivity index (χ1v) is 7.66. The van der Waals surface area contributed by atoms with Gasteiger partial charge in [0.1, 0.15) is 12.1 Å². The molecule has 0 radical (unpaired) electrons. The first-order chi connectivity index (χ1) is 9.75. The third kappa shape index (κ3) is 2.79. The Kier molecular flexibility index (Phi) is 4.17. The van der Waals surface area contributed by atoms with E-state index in [1.54, 1.807) is 12.5 Å². The molecule has 0 aromatic carbocycles. The second-order valence-corrected chi connectivity index (χ2v) is 6.01. The zero-order valence-electron chi connectivity index (χ0n) is 12.1. The summed E-state index contributed by atoms with van der Waals surface area (Å²) < 4.78 is 0. The Morgan fingerprint density at radius 1 is 1.25 bits per heavy atom. The predicted octanol–water partition coefficient (Wildman–Crippen LogP) is 1.29. The molecule has 20 heavy (non-hydrogen) atoms. The van der Waals surface area contributed by atoms with E-state index in [1.165, 1.54) is 6.42 Å². The Morgan fingerprint density at radius 3 is 2.65 bits per heavy atom. The molecular formula is C15H24N4O. The van der Waals surface area contributed by atoms with E-state index in [1.807, 2.05) is 6.07 Å². The van der Waals surface area contributed by atoms with Crippen molar-refractivity contribution in [3.8, 4) is 0 Å². The van der Waals surface area contributed by atoms with Crippen LogP contribution >= 0.6 is 0 Å². The minimum atomic E-state index is -0.105. The van der Waals surface area contributed by atoms with E-state index in [4.69, 9.17) is 0 Å². The Bertz CT molecular complexity index is 419. The maximum Gasteiger partial charge on any atom is 0.131 e. The second-order valence-electron chi connectivity index (χ2n) is 6.01. The Balaban J connectivity index is 1.56. The van der Waals surface area contributed by atoms with Gasteiger partial charge in [0, 0.05) is 38.4 Å². The van der Waals surface area contributed by atoms with Gasteiger partial charge in [0.2, 0.25) is 0 Å². The minimum absolute atomic E-state index is 0.105. The van der Waals surface area contributed by atoms with Crippen LogP contribution in [0.5, 0.6) is 0 Å². The van der Waals surface area contributed by atoms with Crippen LogP contribution in [0.15, 0.2) is 18.6 Å². The fourth-order valence-corrected chi connectivity index (χ4v) is 3.63. The third-order valence-electron chi connectivity index (χ3n) is 4.89. The summed E-state index contributed by atoms with van der Waals surface area (Å²) in [4.78, 5) is 13.1. The van der Waals surface area contributed by atoms with Crippen LogP contribution in [0.2, 0.25) is 0 Å². The van der Waals surface area contributed by atoms with Gasteiger partial charge in [-0.05, 0) is 38.2 Å². The van der Waals surface area contributed by atoms with Crippen molar-refractivity contribution in [2.24, 2.45) is 0 Å². The molecule has 2 atom stereocenters. The average Bonchev–Trinajstić information content (AvgIpc) is 2.94. The predicted molar refractivity (Wildman–Crippen MR) is 78.7 cm³/mol. The maximum atomic E-state index is 10.0. The average molecular weight is 276 g/mol. The second kappa shape index (κ2) is 6.06. The number of rotatable bonds is 3. The Hall–Kier alpha value is -1.20. The molecule has 1 aromatic heterocycles. The van der Waals surface area contributed by atoms with Gasteiger partial charge in [-0.1, -0.05) is 0 Å². The van der Waals surface area contributed by atoms with Crippen molar-refractivity contribution in [3.63, 3.8) is 0 Å². The summed E-state index contributed by atoms with van der Waals surface area (Å²) in [6.45, 7) is 2.17. The molecule has 0 amide bonds. The number of nitrogens with zero attached hydrogens (tertiary/aromatic N) is 4. The Morgan fingerprint density at radius 2 is 2.05 bits per heavy atom. The van der Waals surface area contributed by atoms with Crippen LogP contribution in [0.25, 0.3) is 0 Å². The molecule has 1 aliphatic carbocycles. The van der Waals surface area contributed by atoms with E-state index in [0.29, 0.717) is 12.1 Å². The van der Waals surface area contributed by atoms with Crippen LogP contribution in [-0.2, 0) is 0 Å². The van der Waals surface area contributed by atoms with E-state index < -0.39 is 0 Å². The van der Waals surface area contributed by atoms with Crippen molar-refractivity contribution in [1.29, 1.82) is 0 Å². The monoisotopic (exact) mass is 276 g/mol. The van der Waals surface area contributed by atoms with Gasteiger partial charge < -0.3 is 10.0 Å². The van der Waals surface area contributed by atoms with Crippen molar-refractivity contribution in [1.82, 2.24) is 14.9 Å². The van der Waals surface area contributed by atoms with Crippen LogP contribution in [0.3, 0.4) is 0 Å². The van der Waals surface area contributed by atoms with Gasteiger partial charge >= 0.3 is 0 Å². The van der Waals surface area contributed by atoms with Crippen LogP contribution in [-0.4, -0.2) is 58.3 Å². The van der Waals surface area contributed by atoms with Crippen molar-refractivity contribution in [3.05, 3.63) is 18.6 Å². The first-order valence-electron chi connectivity index (χ1n) is 7.66. The quantitative estimate of drug-likeness (QED) is 0.901. The molecule has 1 aromatic rings. The molecule has 1 saturated carbocycles. The highest BCUT2D eigenvalue weighted by atomic mass is 16.3. The topological polar surface area (TPSA) is 52.5 Å². The molecule has 2 unspecified atom stereocenters. The Labute approximate surface area is 120 Å². The smallest absolute Gasteiger partial charge is 0.131 e. The molecule has 110 valence electrons. The number of anilines is 1. The number of hydrogen-bond donors (Lipinski definition) is 1. The number of aromatic nitrogens is 2. The van der Waals surface area contributed by atoms with E-state index in [9.17, 15) is 5.11 Å². The number of hydrogen-bond acceptors (Lipinski definition) is 5. The largest absolute Gasteiger partial charge is 0.391 e. The van der Waals surface area contributed by atoms with E-state index in [2.05, 4.69) is 26.8 Å². The fourth-order valence-electron chi connectivity index (χ4n) is 3.63. The summed E-state index contributed by atoms with van der Waals surface area (Å²) in [6, 6.07) is 2.91. The van der Waals surface area contributed by atoms with Crippen LogP contribution < -0.4 is 4.90 Å². The lowest BCUT2D eigenvalue weighted by molar-refractivity contribution is 0.0553. The fraction of sp³-hybridized carbons (Fsp3) is 0.733. The summed E-state index contributed by atoms with van der Waals surface area (Å²) in [6.07, 6.45) is 8.89. The molecule has 0 spiro atoms. The van der Waals surface area contributed by atoms with E-state index in [-0.39, 0.29) is 6.10 Å². The number of likely N-dealkylation sites (tertiary alicyclic amines) is 1. The molecule has 2 heterocycles. The molecule has 1 saturated heterocycles. The van der Waals surface area contributed by atoms with Crippen LogP contribution in [0.1, 0.15) is 32.1 Å². The lowest BCUT2D eigenvalue weighted by Crippen LogP contribution is -2.49. The minimum Gasteiger partial charge on any atom is -0.391 e. The van der Waals surface area contributed by atoms with Gasteiger partial charge in [-0.3, -0.25) is 4.90 Å². The zero-order valence-corrected chi connectivity index (χ0v) is 12.1. The molecular weight excluding hydrogens is 252 g/mol. The molecule has 1 aliphatic heterocycles. The molecule has 3 rings (SSSR count). The normalized spacial score (nSPS) is 28.7. The summed E-state index contributed by atoms with van der Waals surface area (Å²) in [5, 5.41) is 10.0. The molecule has 1 N–H and O–H groups in total. The summed E-state index contributed by atoms with van der Waals surface area (Å²) in [7, 11) is 2.12. The van der Waals surface area contributed by atoms with Gasteiger partial charge in [0.25, 0.3) is 0 Å². The third-order valence-corrected chi connectivity index (χ3v) is 4.89. The molecule has 2 fully saturated rings. The summed E-state index contributed by atoms with van der Waals surface area (Å²) in [5.41, 5.74) is 0. The first kappa shape index (κ1) is 13.8. The highest BCUT2D eigenvalue weighted by Gasteiger charge is 2.33. The number of aliphatic hydroxyl groups is 1. The number of aliphatic hydroxyl groups excluding tert-OH is 1.